The van der Waals surface area contributed by atoms with Gasteiger partial charge in [0.15, 0.2) is 0 Å². The summed E-state index contributed by atoms with van der Waals surface area (Å²) in [6.45, 7) is 2.06. The molecule has 10 rings (SSSR count). The molecule has 0 fully saturated rings. The van der Waals surface area contributed by atoms with Crippen LogP contribution in [0.15, 0.2) is 138 Å². The summed E-state index contributed by atoms with van der Waals surface area (Å²) in [5.41, 5.74) is 10.6. The van der Waals surface area contributed by atoms with Crippen molar-refractivity contribution in [1.82, 2.24) is 14.4 Å². The summed E-state index contributed by atoms with van der Waals surface area (Å²) in [4.78, 5) is 8.85. The summed E-state index contributed by atoms with van der Waals surface area (Å²) in [5.74, 6) is 0. The van der Waals surface area contributed by atoms with Gasteiger partial charge in [0.25, 0.3) is 0 Å². The normalized spacial score (nSPS) is 11.4. The molecule has 1 radical (unpaired) electrons. The quantitative estimate of drug-likeness (QED) is 0.165. The molecule has 0 bridgehead atoms. The van der Waals surface area contributed by atoms with Gasteiger partial charge in [0.1, 0.15) is 11.2 Å². The van der Waals surface area contributed by atoms with Crippen molar-refractivity contribution >= 4 is 60.0 Å². The first-order valence-corrected chi connectivity index (χ1v) is 15.0. The first kappa shape index (κ1) is 28.1. The van der Waals surface area contributed by atoms with Crippen LogP contribution in [0.3, 0.4) is 0 Å². The molecule has 46 heavy (non-hydrogen) atoms. The van der Waals surface area contributed by atoms with Crippen molar-refractivity contribution in [3.8, 4) is 22.5 Å². The fourth-order valence-corrected chi connectivity index (χ4v) is 6.56. The first-order valence-electron chi connectivity index (χ1n) is 15.0. The summed E-state index contributed by atoms with van der Waals surface area (Å²) in [7, 11) is 0. The predicted octanol–water partition coefficient (Wildman–Crippen LogP) is 10.5. The van der Waals surface area contributed by atoms with Crippen LogP contribution in [0.2, 0.25) is 0 Å². The minimum absolute atomic E-state index is 0. The van der Waals surface area contributed by atoms with E-state index >= 15 is 0 Å². The van der Waals surface area contributed by atoms with Gasteiger partial charge < -0.3 is 18.8 Å². The van der Waals surface area contributed by atoms with Crippen LogP contribution < -0.4 is 0 Å². The number of aryl methyl sites for hydroxylation is 1. The number of aromatic nitrogens is 3. The van der Waals surface area contributed by atoms with Crippen LogP contribution in [-0.2, 0) is 20.1 Å². The van der Waals surface area contributed by atoms with Crippen molar-refractivity contribution < 1.29 is 24.5 Å². The van der Waals surface area contributed by atoms with Crippen LogP contribution in [0.1, 0.15) is 5.56 Å². The zero-order valence-corrected chi connectivity index (χ0v) is 27.2. The molecule has 5 heterocycles. The fraction of sp³-hybridized carbons (Fsp3) is 0.0244. The maximum absolute atomic E-state index is 6.36. The monoisotopic (exact) mass is 768 g/mol. The van der Waals surface area contributed by atoms with E-state index in [4.69, 9.17) is 4.42 Å². The van der Waals surface area contributed by atoms with E-state index in [1.165, 1.54) is 38.0 Å². The van der Waals surface area contributed by atoms with Crippen molar-refractivity contribution in [1.29, 1.82) is 0 Å². The first-order chi connectivity index (χ1) is 22.2. The van der Waals surface area contributed by atoms with Gasteiger partial charge in [-0.25, -0.2) is 0 Å². The molecule has 10 aromatic rings. The minimum Gasteiger partial charge on any atom is -0.456 e. The second-order valence-electron chi connectivity index (χ2n) is 11.3. The van der Waals surface area contributed by atoms with Crippen molar-refractivity contribution in [3.05, 3.63) is 151 Å². The van der Waals surface area contributed by atoms with E-state index in [9.17, 15) is 0 Å². The molecule has 0 saturated carbocycles. The van der Waals surface area contributed by atoms with Crippen LogP contribution in [0.4, 0.5) is 0 Å². The van der Waals surface area contributed by atoms with Gasteiger partial charge in [0, 0.05) is 59.6 Å². The third-order valence-electron chi connectivity index (χ3n) is 8.58. The Labute approximate surface area is 278 Å². The van der Waals surface area contributed by atoms with Crippen LogP contribution in [0.25, 0.3) is 82.5 Å². The maximum atomic E-state index is 6.36. The second-order valence-corrected chi connectivity index (χ2v) is 11.3. The summed E-state index contributed by atoms with van der Waals surface area (Å²) < 4.78 is 8.75. The Morgan fingerprint density at radius 3 is 2.22 bits per heavy atom. The molecule has 5 heteroatoms. The predicted molar refractivity (Wildman–Crippen MR) is 184 cm³/mol. The average molecular weight is 768 g/mol. The molecule has 0 unspecified atom stereocenters. The molecule has 0 saturated heterocycles. The molecule has 0 spiro atoms. The SMILES string of the molecule is Cc1ccc(-c2[c-]cc3c(c2)c2cc4oc5ccccc5c4c4c5ccccc5n3c24)nc1.[Ir].[c-]1ccccc1-c1ccccn1. The van der Waals surface area contributed by atoms with E-state index in [2.05, 4.69) is 106 Å². The van der Waals surface area contributed by atoms with Gasteiger partial charge in [-0.1, -0.05) is 66.0 Å². The molecule has 0 atom stereocenters. The molecular weight excluding hydrogens is 743 g/mol. The third kappa shape index (κ3) is 4.39. The number of furan rings is 1. The topological polar surface area (TPSA) is 43.3 Å². The van der Waals surface area contributed by atoms with Gasteiger partial charge in [-0.05, 0) is 59.0 Å². The summed E-state index contributed by atoms with van der Waals surface area (Å²) in [6.07, 6.45) is 3.70. The molecule has 0 aliphatic heterocycles. The van der Waals surface area contributed by atoms with Crippen molar-refractivity contribution in [2.24, 2.45) is 0 Å². The largest absolute Gasteiger partial charge is 0.456 e. The smallest absolute Gasteiger partial charge is 0.136 e. The third-order valence-corrected chi connectivity index (χ3v) is 8.58. The van der Waals surface area contributed by atoms with Crippen molar-refractivity contribution in [2.45, 2.75) is 6.92 Å². The summed E-state index contributed by atoms with van der Waals surface area (Å²) >= 11 is 0. The molecular formula is C41H25IrN3O-2. The van der Waals surface area contributed by atoms with Crippen LogP contribution in [-0.4, -0.2) is 14.4 Å². The standard InChI is InChI=1S/C30H17N2O.C11H8N.Ir/c1-17-10-12-23(31-16-17)18-11-13-25-21(14-18)22-15-27-28(20-7-3-5-9-26(20)33-27)29-19-6-2-4-8-24(19)32(25)30(22)29;1-2-6-10(7-3-1)11-8-4-5-9-12-11;/h2-10,12-16H,1H3;1-6,8-9H;/q2*-1;. The van der Waals surface area contributed by atoms with Gasteiger partial charge in [0.05, 0.1) is 5.52 Å². The number of rotatable bonds is 2. The van der Waals surface area contributed by atoms with Crippen LogP contribution >= 0.6 is 0 Å². The maximum Gasteiger partial charge on any atom is 0.136 e. The van der Waals surface area contributed by atoms with E-state index in [-0.39, 0.29) is 20.1 Å². The molecule has 221 valence electrons. The van der Waals surface area contributed by atoms with Gasteiger partial charge >= 0.3 is 0 Å². The van der Waals surface area contributed by atoms with E-state index in [0.717, 1.165) is 50.1 Å². The van der Waals surface area contributed by atoms with Crippen LogP contribution in [0, 0.1) is 19.1 Å². The number of hydrogen-bond donors (Lipinski definition) is 0. The summed E-state index contributed by atoms with van der Waals surface area (Å²) in [6, 6.07) is 48.0. The number of pyridine rings is 2. The number of fused-ring (bicyclic) bond motifs is 10. The Kier molecular flexibility index (Phi) is 6.87. The van der Waals surface area contributed by atoms with Crippen molar-refractivity contribution in [3.63, 3.8) is 0 Å². The van der Waals surface area contributed by atoms with E-state index in [1.807, 2.05) is 54.7 Å². The molecule has 4 nitrogen and oxygen atoms in total. The van der Waals surface area contributed by atoms with Crippen molar-refractivity contribution in [2.75, 3.05) is 0 Å². The molecule has 5 aromatic carbocycles. The van der Waals surface area contributed by atoms with Gasteiger partial charge in [-0.2, -0.15) is 0 Å². The van der Waals surface area contributed by atoms with Gasteiger partial charge in [-0.15, -0.1) is 59.7 Å². The molecule has 0 N–H and O–H groups in total. The number of nitrogens with zero attached hydrogens (tertiary/aromatic N) is 3. The zero-order valence-electron chi connectivity index (χ0n) is 24.8. The van der Waals surface area contributed by atoms with E-state index in [1.54, 1.807) is 6.20 Å². The average Bonchev–Trinajstić information content (AvgIpc) is 3.75. The Bertz CT molecular complexity index is 2600. The van der Waals surface area contributed by atoms with Gasteiger partial charge in [-0.3, -0.25) is 0 Å². The Morgan fingerprint density at radius 1 is 0.609 bits per heavy atom. The van der Waals surface area contributed by atoms with E-state index in [0.29, 0.717) is 0 Å². The molecule has 0 aliphatic rings. The second kappa shape index (κ2) is 11.2. The Balaban J connectivity index is 0.000000204. The number of para-hydroxylation sites is 2. The number of hydrogen-bond acceptors (Lipinski definition) is 3. The molecule has 5 aromatic heterocycles. The fourth-order valence-electron chi connectivity index (χ4n) is 6.56. The van der Waals surface area contributed by atoms with Crippen LogP contribution in [0.5, 0.6) is 0 Å². The van der Waals surface area contributed by atoms with E-state index < -0.39 is 0 Å². The minimum atomic E-state index is 0. The molecule has 0 amide bonds. The zero-order chi connectivity index (χ0) is 29.9. The Morgan fingerprint density at radius 2 is 1.41 bits per heavy atom. The Hall–Kier alpha value is -5.35. The van der Waals surface area contributed by atoms with Gasteiger partial charge in [0.2, 0.25) is 0 Å². The summed E-state index contributed by atoms with van der Waals surface area (Å²) in [5, 5.41) is 7.25. The molecule has 0 aliphatic carbocycles. The number of benzene rings is 5.